The average molecular weight is 413 g/mol. The van der Waals surface area contributed by atoms with Crippen molar-refractivity contribution in [3.05, 3.63) is 27.8 Å². The number of anilines is 1. The van der Waals surface area contributed by atoms with Crippen molar-refractivity contribution in [2.24, 2.45) is 5.92 Å². The number of carbonyl (C=O) groups excluding carboxylic acids is 3. The van der Waals surface area contributed by atoms with Gasteiger partial charge in [0, 0.05) is 9.26 Å². The number of imide groups is 1. The van der Waals surface area contributed by atoms with Gasteiger partial charge in [-0.15, -0.1) is 0 Å². The molecule has 0 bridgehead atoms. The molecular formula is C15H16IN3O3. The third kappa shape index (κ3) is 2.81. The van der Waals surface area contributed by atoms with Gasteiger partial charge in [0.15, 0.2) is 0 Å². The first-order valence-corrected chi connectivity index (χ1v) is 8.17. The molecule has 1 heterocycles. The summed E-state index contributed by atoms with van der Waals surface area (Å²) >= 11 is 2.17. The van der Waals surface area contributed by atoms with Crippen LogP contribution in [0.15, 0.2) is 24.3 Å². The van der Waals surface area contributed by atoms with E-state index in [1.165, 1.54) is 0 Å². The van der Waals surface area contributed by atoms with Gasteiger partial charge in [-0.2, -0.15) is 0 Å². The first kappa shape index (κ1) is 15.3. The van der Waals surface area contributed by atoms with E-state index in [9.17, 15) is 14.4 Å². The molecule has 1 aliphatic heterocycles. The fourth-order valence-corrected chi connectivity index (χ4v) is 3.03. The number of nitrogens with zero attached hydrogens (tertiary/aromatic N) is 1. The van der Waals surface area contributed by atoms with E-state index in [2.05, 4.69) is 33.2 Å². The molecule has 0 aromatic heterocycles. The molecule has 2 aliphatic rings. The van der Waals surface area contributed by atoms with Crippen LogP contribution in [0.3, 0.4) is 0 Å². The zero-order chi connectivity index (χ0) is 15.9. The monoisotopic (exact) mass is 413 g/mol. The third-order valence-electron chi connectivity index (χ3n) is 4.12. The summed E-state index contributed by atoms with van der Waals surface area (Å²) in [5, 5.41) is 5.42. The van der Waals surface area contributed by atoms with E-state index in [1.807, 2.05) is 12.1 Å². The number of amides is 4. The molecule has 1 aliphatic carbocycles. The average Bonchev–Trinajstić information content (AvgIpc) is 3.28. The van der Waals surface area contributed by atoms with E-state index in [4.69, 9.17) is 0 Å². The summed E-state index contributed by atoms with van der Waals surface area (Å²) in [7, 11) is 0. The molecule has 2 fully saturated rings. The van der Waals surface area contributed by atoms with Gasteiger partial charge in [0.1, 0.15) is 12.1 Å². The molecule has 22 heavy (non-hydrogen) atoms. The molecule has 1 aromatic rings. The molecule has 1 unspecified atom stereocenters. The SMILES string of the molecule is CC1(C2CC2)NC(=O)N(CC(=O)Nc2ccc(I)cc2)C1=O. The maximum Gasteiger partial charge on any atom is 0.325 e. The molecule has 7 heteroatoms. The molecule has 1 saturated carbocycles. The number of hydrogen-bond acceptors (Lipinski definition) is 3. The van der Waals surface area contributed by atoms with Crippen molar-refractivity contribution in [3.63, 3.8) is 0 Å². The minimum Gasteiger partial charge on any atom is -0.325 e. The Kier molecular flexibility index (Phi) is 3.84. The van der Waals surface area contributed by atoms with E-state index >= 15 is 0 Å². The molecule has 0 radical (unpaired) electrons. The normalized spacial score (nSPS) is 24.4. The van der Waals surface area contributed by atoms with Crippen molar-refractivity contribution < 1.29 is 14.4 Å². The number of rotatable bonds is 4. The Morgan fingerprint density at radius 2 is 2.00 bits per heavy atom. The lowest BCUT2D eigenvalue weighted by molar-refractivity contribution is -0.134. The van der Waals surface area contributed by atoms with Gasteiger partial charge in [-0.3, -0.25) is 14.5 Å². The second-order valence-corrected chi connectivity index (χ2v) is 7.10. The van der Waals surface area contributed by atoms with Gasteiger partial charge in [-0.1, -0.05) is 0 Å². The first-order chi connectivity index (χ1) is 10.4. The summed E-state index contributed by atoms with van der Waals surface area (Å²) in [4.78, 5) is 37.4. The van der Waals surface area contributed by atoms with Crippen LogP contribution in [0.1, 0.15) is 19.8 Å². The van der Waals surface area contributed by atoms with Crippen LogP contribution >= 0.6 is 22.6 Å². The summed E-state index contributed by atoms with van der Waals surface area (Å²) in [6, 6.07) is 6.80. The van der Waals surface area contributed by atoms with E-state index in [1.54, 1.807) is 19.1 Å². The summed E-state index contributed by atoms with van der Waals surface area (Å²) in [5.41, 5.74) is -0.206. The number of halogens is 1. The summed E-state index contributed by atoms with van der Waals surface area (Å²) in [6.07, 6.45) is 1.87. The highest BCUT2D eigenvalue weighted by molar-refractivity contribution is 14.1. The minimum atomic E-state index is -0.847. The lowest BCUT2D eigenvalue weighted by Crippen LogP contribution is -2.46. The summed E-state index contributed by atoms with van der Waals surface area (Å²) in [6.45, 7) is 1.47. The Labute approximate surface area is 141 Å². The summed E-state index contributed by atoms with van der Waals surface area (Å²) in [5.74, 6) is -0.504. The van der Waals surface area contributed by atoms with Gasteiger partial charge in [-0.25, -0.2) is 4.79 Å². The molecule has 1 aromatic carbocycles. The molecule has 116 valence electrons. The zero-order valence-electron chi connectivity index (χ0n) is 12.1. The number of nitrogens with one attached hydrogen (secondary N) is 2. The lowest BCUT2D eigenvalue weighted by Gasteiger charge is -2.20. The number of urea groups is 1. The molecule has 3 rings (SSSR count). The second kappa shape index (κ2) is 5.53. The van der Waals surface area contributed by atoms with Crippen LogP contribution in [0.2, 0.25) is 0 Å². The Bertz CT molecular complexity index is 642. The van der Waals surface area contributed by atoms with Crippen molar-refractivity contribution in [3.8, 4) is 0 Å². The number of benzene rings is 1. The van der Waals surface area contributed by atoms with Crippen LogP contribution in [-0.2, 0) is 9.59 Å². The van der Waals surface area contributed by atoms with Crippen molar-refractivity contribution in [1.29, 1.82) is 0 Å². The van der Waals surface area contributed by atoms with Crippen molar-refractivity contribution in [2.45, 2.75) is 25.3 Å². The van der Waals surface area contributed by atoms with E-state index in [-0.39, 0.29) is 24.3 Å². The van der Waals surface area contributed by atoms with Crippen molar-refractivity contribution in [2.75, 3.05) is 11.9 Å². The van der Waals surface area contributed by atoms with E-state index in [0.29, 0.717) is 5.69 Å². The lowest BCUT2D eigenvalue weighted by atomic mass is 9.96. The van der Waals surface area contributed by atoms with Crippen LogP contribution in [0.4, 0.5) is 10.5 Å². The second-order valence-electron chi connectivity index (χ2n) is 5.85. The van der Waals surface area contributed by atoms with E-state index in [0.717, 1.165) is 21.3 Å². The Morgan fingerprint density at radius 1 is 1.36 bits per heavy atom. The van der Waals surface area contributed by atoms with Crippen LogP contribution in [0, 0.1) is 9.49 Å². The quantitative estimate of drug-likeness (QED) is 0.585. The number of carbonyl (C=O) groups is 3. The van der Waals surface area contributed by atoms with Crippen LogP contribution in [0.5, 0.6) is 0 Å². The maximum atomic E-state index is 12.4. The third-order valence-corrected chi connectivity index (χ3v) is 4.84. The Balaban J connectivity index is 1.65. The number of hydrogen-bond donors (Lipinski definition) is 2. The van der Waals surface area contributed by atoms with Gasteiger partial charge < -0.3 is 10.6 Å². The zero-order valence-corrected chi connectivity index (χ0v) is 14.2. The largest absolute Gasteiger partial charge is 0.325 e. The first-order valence-electron chi connectivity index (χ1n) is 7.09. The molecule has 1 atom stereocenters. The van der Waals surface area contributed by atoms with Gasteiger partial charge >= 0.3 is 6.03 Å². The van der Waals surface area contributed by atoms with Crippen LogP contribution in [-0.4, -0.2) is 34.8 Å². The standard InChI is InChI=1S/C15H16IN3O3/c1-15(9-2-3-9)13(21)19(14(22)18-15)8-12(20)17-11-6-4-10(16)5-7-11/h4-7,9H,2-3,8H2,1H3,(H,17,20)(H,18,22). The molecule has 0 spiro atoms. The van der Waals surface area contributed by atoms with Gasteiger partial charge in [-0.05, 0) is 72.5 Å². The van der Waals surface area contributed by atoms with Crippen LogP contribution < -0.4 is 10.6 Å². The highest BCUT2D eigenvalue weighted by Gasteiger charge is 2.56. The Morgan fingerprint density at radius 3 is 2.59 bits per heavy atom. The topological polar surface area (TPSA) is 78.5 Å². The van der Waals surface area contributed by atoms with E-state index < -0.39 is 11.6 Å². The fourth-order valence-electron chi connectivity index (χ4n) is 2.67. The fraction of sp³-hybridized carbons (Fsp3) is 0.400. The summed E-state index contributed by atoms with van der Waals surface area (Å²) < 4.78 is 1.06. The molecule has 4 amide bonds. The van der Waals surface area contributed by atoms with Gasteiger partial charge in [0.2, 0.25) is 5.91 Å². The highest BCUT2D eigenvalue weighted by atomic mass is 127. The predicted octanol–water partition coefficient (Wildman–Crippen LogP) is 1.95. The maximum absolute atomic E-state index is 12.4. The Hall–Kier alpha value is -1.64. The molecule has 2 N–H and O–H groups in total. The highest BCUT2D eigenvalue weighted by Crippen LogP contribution is 2.42. The van der Waals surface area contributed by atoms with Crippen molar-refractivity contribution >= 4 is 46.1 Å². The minimum absolute atomic E-state index is 0.188. The van der Waals surface area contributed by atoms with Crippen LogP contribution in [0.25, 0.3) is 0 Å². The molecule has 6 nitrogen and oxygen atoms in total. The smallest absolute Gasteiger partial charge is 0.325 e. The molecule has 1 saturated heterocycles. The molecular weight excluding hydrogens is 397 g/mol. The van der Waals surface area contributed by atoms with Gasteiger partial charge in [0.25, 0.3) is 5.91 Å². The predicted molar refractivity (Wildman–Crippen MR) is 89.2 cm³/mol. The van der Waals surface area contributed by atoms with Gasteiger partial charge in [0.05, 0.1) is 0 Å². The van der Waals surface area contributed by atoms with Crippen molar-refractivity contribution in [1.82, 2.24) is 10.2 Å².